The Kier molecular flexibility index (Phi) is 3.59. The zero-order valence-electron chi connectivity index (χ0n) is 8.34. The van der Waals surface area contributed by atoms with Crippen LogP contribution < -0.4 is 5.32 Å². The van der Waals surface area contributed by atoms with Gasteiger partial charge >= 0.3 is 12.1 Å². The molecule has 2 N–H and O–H groups in total. The smallest absolute Gasteiger partial charge is 0.475 e. The Balaban J connectivity index is 0.000000153. The standard InChI is InChI=1S/C7H13N.C2HF3O2/c1-5-2-6-4-7(3-5)8-6;3-2(4,5)1(6)7/h5-8H,2-4H2,1H3;(H,6,7). The molecule has 88 valence electrons. The van der Waals surface area contributed by atoms with Crippen molar-refractivity contribution in [3.63, 3.8) is 0 Å². The summed E-state index contributed by atoms with van der Waals surface area (Å²) in [7, 11) is 0. The number of hydrogen-bond acceptors (Lipinski definition) is 2. The van der Waals surface area contributed by atoms with E-state index in [-0.39, 0.29) is 0 Å². The first-order chi connectivity index (χ1) is 6.79. The van der Waals surface area contributed by atoms with Crippen LogP contribution in [0.1, 0.15) is 26.2 Å². The molecule has 0 aromatic heterocycles. The first kappa shape index (κ1) is 12.3. The predicted octanol–water partition coefficient (Wildman–Crippen LogP) is 1.78. The van der Waals surface area contributed by atoms with Crippen molar-refractivity contribution >= 4 is 5.97 Å². The first-order valence-electron chi connectivity index (χ1n) is 4.85. The van der Waals surface area contributed by atoms with E-state index in [0.717, 1.165) is 18.0 Å². The van der Waals surface area contributed by atoms with Gasteiger partial charge in [0.25, 0.3) is 0 Å². The Bertz CT molecular complexity index is 226. The van der Waals surface area contributed by atoms with Crippen LogP contribution in [0.2, 0.25) is 0 Å². The molecule has 0 aromatic rings. The van der Waals surface area contributed by atoms with Gasteiger partial charge < -0.3 is 10.4 Å². The van der Waals surface area contributed by atoms with E-state index in [1.807, 2.05) is 0 Å². The van der Waals surface area contributed by atoms with Crippen molar-refractivity contribution in [3.8, 4) is 0 Å². The van der Waals surface area contributed by atoms with Gasteiger partial charge in [-0.3, -0.25) is 0 Å². The van der Waals surface area contributed by atoms with Crippen LogP contribution in [0.4, 0.5) is 13.2 Å². The van der Waals surface area contributed by atoms with Gasteiger partial charge in [0.05, 0.1) is 0 Å². The van der Waals surface area contributed by atoms with Crippen molar-refractivity contribution in [3.05, 3.63) is 0 Å². The van der Waals surface area contributed by atoms with Gasteiger partial charge in [-0.2, -0.15) is 13.2 Å². The highest BCUT2D eigenvalue weighted by Gasteiger charge is 2.38. The Morgan fingerprint density at radius 2 is 1.60 bits per heavy atom. The summed E-state index contributed by atoms with van der Waals surface area (Å²) < 4.78 is 31.7. The molecule has 2 aliphatic heterocycles. The summed E-state index contributed by atoms with van der Waals surface area (Å²) >= 11 is 0. The largest absolute Gasteiger partial charge is 0.490 e. The lowest BCUT2D eigenvalue weighted by molar-refractivity contribution is -0.192. The molecule has 2 bridgehead atoms. The van der Waals surface area contributed by atoms with Gasteiger partial charge in [-0.25, -0.2) is 4.79 Å². The average molecular weight is 225 g/mol. The molecule has 2 heterocycles. The summed E-state index contributed by atoms with van der Waals surface area (Å²) in [6, 6.07) is 1.81. The van der Waals surface area contributed by atoms with Gasteiger partial charge in [-0.15, -0.1) is 0 Å². The highest BCUT2D eigenvalue weighted by atomic mass is 19.4. The highest BCUT2D eigenvalue weighted by Crippen LogP contribution is 2.31. The zero-order valence-corrected chi connectivity index (χ0v) is 8.34. The minimum absolute atomic E-state index is 0.906. The van der Waals surface area contributed by atoms with Gasteiger partial charge in [-0.05, 0) is 25.2 Å². The fourth-order valence-electron chi connectivity index (χ4n) is 2.05. The van der Waals surface area contributed by atoms with Crippen LogP contribution in [0.25, 0.3) is 0 Å². The van der Waals surface area contributed by atoms with Crippen LogP contribution in [0.15, 0.2) is 0 Å². The number of halogens is 3. The molecule has 2 atom stereocenters. The minimum atomic E-state index is -5.08. The van der Waals surface area contributed by atoms with Crippen molar-refractivity contribution in [2.75, 3.05) is 0 Å². The predicted molar refractivity (Wildman–Crippen MR) is 47.4 cm³/mol. The van der Waals surface area contributed by atoms with E-state index in [1.54, 1.807) is 0 Å². The second kappa shape index (κ2) is 4.38. The molecule has 0 spiro atoms. The van der Waals surface area contributed by atoms with Gasteiger partial charge in [0.15, 0.2) is 0 Å². The molecule has 1 saturated carbocycles. The first-order valence-corrected chi connectivity index (χ1v) is 4.85. The van der Waals surface area contributed by atoms with E-state index in [4.69, 9.17) is 9.90 Å². The lowest BCUT2D eigenvalue weighted by Crippen LogP contribution is -2.57. The van der Waals surface area contributed by atoms with E-state index >= 15 is 0 Å². The van der Waals surface area contributed by atoms with Crippen molar-refractivity contribution in [2.24, 2.45) is 5.92 Å². The summed E-state index contributed by atoms with van der Waals surface area (Å²) in [5.41, 5.74) is 0. The Labute approximate surface area is 85.7 Å². The summed E-state index contributed by atoms with van der Waals surface area (Å²) in [6.07, 6.45) is -0.767. The second-order valence-corrected chi connectivity index (χ2v) is 4.18. The molecule has 15 heavy (non-hydrogen) atoms. The maximum Gasteiger partial charge on any atom is 0.490 e. The van der Waals surface area contributed by atoms with Crippen LogP contribution in [-0.2, 0) is 4.79 Å². The van der Waals surface area contributed by atoms with E-state index in [0.29, 0.717) is 0 Å². The lowest BCUT2D eigenvalue weighted by atomic mass is 9.77. The van der Waals surface area contributed by atoms with Crippen LogP contribution in [-0.4, -0.2) is 29.3 Å². The molecular weight excluding hydrogens is 211 g/mol. The lowest BCUT2D eigenvalue weighted by Gasteiger charge is -2.45. The fourth-order valence-corrected chi connectivity index (χ4v) is 2.05. The number of nitrogens with one attached hydrogen (secondary N) is 1. The highest BCUT2D eigenvalue weighted by molar-refractivity contribution is 5.73. The Morgan fingerprint density at radius 3 is 1.73 bits per heavy atom. The normalized spacial score (nSPS) is 33.5. The van der Waals surface area contributed by atoms with Crippen molar-refractivity contribution in [2.45, 2.75) is 44.4 Å². The minimum Gasteiger partial charge on any atom is -0.475 e. The molecule has 0 aromatic carbocycles. The molecule has 3 rings (SSSR count). The number of piperidine rings is 1. The van der Waals surface area contributed by atoms with Gasteiger partial charge in [0, 0.05) is 12.1 Å². The molecular formula is C9H14F3NO2. The molecule has 3 nitrogen and oxygen atoms in total. The number of hydrogen-bond donors (Lipinski definition) is 2. The molecule has 3 aliphatic rings. The van der Waals surface area contributed by atoms with E-state index in [1.165, 1.54) is 19.3 Å². The maximum atomic E-state index is 10.6. The Morgan fingerprint density at radius 1 is 1.27 bits per heavy atom. The number of rotatable bonds is 0. The molecule has 0 amide bonds. The monoisotopic (exact) mass is 225 g/mol. The molecule has 2 unspecified atom stereocenters. The number of carboxylic acids is 1. The number of carboxylic acid groups (broad SMARTS) is 1. The van der Waals surface area contributed by atoms with Crippen LogP contribution in [0.3, 0.4) is 0 Å². The third-order valence-corrected chi connectivity index (χ3v) is 2.66. The van der Waals surface area contributed by atoms with Gasteiger partial charge in [-0.1, -0.05) is 6.92 Å². The molecule has 0 radical (unpaired) electrons. The van der Waals surface area contributed by atoms with Gasteiger partial charge in [0.2, 0.25) is 0 Å². The van der Waals surface area contributed by atoms with Crippen LogP contribution in [0, 0.1) is 5.92 Å². The van der Waals surface area contributed by atoms with E-state index < -0.39 is 12.1 Å². The quantitative estimate of drug-likeness (QED) is 0.660. The fraction of sp³-hybridized carbons (Fsp3) is 0.889. The molecule has 3 fully saturated rings. The summed E-state index contributed by atoms with van der Waals surface area (Å²) in [6.45, 7) is 2.36. The number of alkyl halides is 3. The van der Waals surface area contributed by atoms with Crippen LogP contribution in [0.5, 0.6) is 0 Å². The SMILES string of the molecule is CC1CC2CC(C1)N2.O=C(O)C(F)(F)F. The van der Waals surface area contributed by atoms with Crippen molar-refractivity contribution in [1.29, 1.82) is 0 Å². The third kappa shape index (κ3) is 3.70. The zero-order chi connectivity index (χ0) is 11.6. The Hall–Kier alpha value is -0.780. The van der Waals surface area contributed by atoms with E-state index in [2.05, 4.69) is 12.2 Å². The summed E-state index contributed by atoms with van der Waals surface area (Å²) in [4.78, 5) is 8.90. The molecule has 1 aliphatic carbocycles. The molecule has 2 saturated heterocycles. The average Bonchev–Trinajstić information content (AvgIpc) is 2.00. The third-order valence-electron chi connectivity index (χ3n) is 2.66. The topological polar surface area (TPSA) is 49.3 Å². The summed E-state index contributed by atoms with van der Waals surface area (Å²) in [5.74, 6) is -1.76. The van der Waals surface area contributed by atoms with E-state index in [9.17, 15) is 13.2 Å². The maximum absolute atomic E-state index is 10.6. The van der Waals surface area contributed by atoms with Crippen molar-refractivity contribution in [1.82, 2.24) is 5.32 Å². The summed E-state index contributed by atoms with van der Waals surface area (Å²) in [5, 5.41) is 10.6. The second-order valence-electron chi connectivity index (χ2n) is 4.18. The van der Waals surface area contributed by atoms with Gasteiger partial charge in [0.1, 0.15) is 0 Å². The molecule has 6 heteroatoms. The number of fused-ring (bicyclic) bond motifs is 2. The van der Waals surface area contributed by atoms with Crippen LogP contribution >= 0.6 is 0 Å². The number of aliphatic carboxylic acids is 1. The number of carbonyl (C=O) groups is 1. The van der Waals surface area contributed by atoms with Crippen molar-refractivity contribution < 1.29 is 23.1 Å².